The summed E-state index contributed by atoms with van der Waals surface area (Å²) in [5.74, 6) is -2.94. The molecule has 0 unspecified atom stereocenters. The van der Waals surface area contributed by atoms with Crippen LogP contribution in [0.3, 0.4) is 0 Å². The topological polar surface area (TPSA) is 66.8 Å². The van der Waals surface area contributed by atoms with Gasteiger partial charge < -0.3 is 14.9 Å². The van der Waals surface area contributed by atoms with E-state index in [0.717, 1.165) is 24.3 Å². The number of alkyl halides is 6. The van der Waals surface area contributed by atoms with Crippen LogP contribution in [0.15, 0.2) is 24.3 Å². The maximum absolute atomic E-state index is 12.2. The van der Waals surface area contributed by atoms with Crippen LogP contribution in [0, 0.1) is 0 Å². The van der Waals surface area contributed by atoms with Crippen LogP contribution in [-0.2, 0) is 9.53 Å². The number of rotatable bonds is 3. The van der Waals surface area contributed by atoms with Crippen molar-refractivity contribution in [3.05, 3.63) is 29.8 Å². The van der Waals surface area contributed by atoms with Gasteiger partial charge in [-0.05, 0) is 23.8 Å². The van der Waals surface area contributed by atoms with E-state index in [0.29, 0.717) is 6.08 Å². The van der Waals surface area contributed by atoms with Crippen molar-refractivity contribution in [3.63, 3.8) is 0 Å². The summed E-state index contributed by atoms with van der Waals surface area (Å²) in [6, 6.07) is 3.10. The Morgan fingerprint density at radius 2 is 1.59 bits per heavy atom. The Balaban J connectivity index is 2.83. The van der Waals surface area contributed by atoms with Crippen LogP contribution in [0.4, 0.5) is 26.3 Å². The number of benzene rings is 1. The van der Waals surface area contributed by atoms with E-state index < -0.39 is 35.9 Å². The van der Waals surface area contributed by atoms with Gasteiger partial charge in [-0.2, -0.15) is 26.3 Å². The van der Waals surface area contributed by atoms with Gasteiger partial charge in [0.05, 0.1) is 0 Å². The molecule has 0 amide bonds. The molecule has 0 radical (unpaired) electrons. The van der Waals surface area contributed by atoms with Crippen molar-refractivity contribution in [2.45, 2.75) is 18.5 Å². The van der Waals surface area contributed by atoms with Crippen LogP contribution < -0.4 is 0 Å². The van der Waals surface area contributed by atoms with Crippen LogP contribution in [0.2, 0.25) is 0 Å². The first-order valence-electron chi connectivity index (χ1n) is 5.45. The number of ether oxygens (including phenoxy) is 1. The number of hydrogen-bond donors (Lipinski definition) is 2. The van der Waals surface area contributed by atoms with Gasteiger partial charge in [-0.25, -0.2) is 4.79 Å². The fourth-order valence-electron chi connectivity index (χ4n) is 1.28. The van der Waals surface area contributed by atoms with Crippen molar-refractivity contribution in [2.24, 2.45) is 0 Å². The predicted molar refractivity (Wildman–Crippen MR) is 60.8 cm³/mol. The van der Waals surface area contributed by atoms with Crippen molar-refractivity contribution in [3.8, 4) is 11.5 Å². The predicted octanol–water partition coefficient (Wildman–Crippen LogP) is 3.15. The van der Waals surface area contributed by atoms with Crippen molar-refractivity contribution >= 4 is 12.0 Å². The highest BCUT2D eigenvalue weighted by Gasteiger charge is 2.59. The molecule has 0 bridgehead atoms. The van der Waals surface area contributed by atoms with Crippen LogP contribution in [0.25, 0.3) is 6.08 Å². The van der Waals surface area contributed by atoms with Gasteiger partial charge >= 0.3 is 18.3 Å². The van der Waals surface area contributed by atoms with E-state index >= 15 is 0 Å². The summed E-state index contributed by atoms with van der Waals surface area (Å²) in [7, 11) is 0. The number of aromatic hydroxyl groups is 2. The standard InChI is InChI=1S/C12H8F6O4/c13-11(14,15)10(12(16,17)18)22-9(21)4-2-6-1-3-7(19)8(20)5-6/h1-5,10,19-20H/b4-2+. The summed E-state index contributed by atoms with van der Waals surface area (Å²) >= 11 is 0. The average Bonchev–Trinajstić information content (AvgIpc) is 2.34. The number of carbonyl (C=O) groups is 1. The Morgan fingerprint density at radius 3 is 2.05 bits per heavy atom. The highest BCUT2D eigenvalue weighted by atomic mass is 19.4. The molecule has 4 nitrogen and oxygen atoms in total. The smallest absolute Gasteiger partial charge is 0.434 e. The molecule has 0 saturated heterocycles. The molecule has 0 spiro atoms. The second-order valence-corrected chi connectivity index (χ2v) is 3.98. The minimum Gasteiger partial charge on any atom is -0.504 e. The Kier molecular flexibility index (Phi) is 4.94. The minimum atomic E-state index is -5.79. The molecular formula is C12H8F6O4. The molecule has 1 aromatic rings. The molecule has 0 heterocycles. The molecule has 0 aliphatic heterocycles. The molecule has 122 valence electrons. The average molecular weight is 330 g/mol. The number of hydrogen-bond acceptors (Lipinski definition) is 4. The van der Waals surface area contributed by atoms with Gasteiger partial charge in [0.1, 0.15) is 0 Å². The van der Waals surface area contributed by atoms with E-state index in [1.54, 1.807) is 0 Å². The Morgan fingerprint density at radius 1 is 1.05 bits per heavy atom. The molecule has 0 aliphatic carbocycles. The van der Waals surface area contributed by atoms with Gasteiger partial charge in [0, 0.05) is 6.08 Å². The molecule has 1 aromatic carbocycles. The largest absolute Gasteiger partial charge is 0.504 e. The third-order valence-electron chi connectivity index (χ3n) is 2.24. The summed E-state index contributed by atoms with van der Waals surface area (Å²) in [6.07, 6.45) is -14.7. The Bertz CT molecular complexity index is 562. The first-order valence-corrected chi connectivity index (χ1v) is 5.45. The summed E-state index contributed by atoms with van der Waals surface area (Å²) in [5, 5.41) is 18.1. The van der Waals surface area contributed by atoms with Gasteiger partial charge in [-0.15, -0.1) is 0 Å². The lowest BCUT2D eigenvalue weighted by atomic mass is 10.2. The van der Waals surface area contributed by atoms with E-state index in [2.05, 4.69) is 4.74 Å². The molecule has 1 rings (SSSR count). The SMILES string of the molecule is O=C(/C=C/c1ccc(O)c(O)c1)OC(C(F)(F)F)C(F)(F)F. The van der Waals surface area contributed by atoms with Crippen molar-refractivity contribution in [2.75, 3.05) is 0 Å². The zero-order valence-electron chi connectivity index (χ0n) is 10.4. The molecular weight excluding hydrogens is 322 g/mol. The van der Waals surface area contributed by atoms with Crippen LogP contribution in [0.5, 0.6) is 11.5 Å². The van der Waals surface area contributed by atoms with Crippen molar-refractivity contribution < 1.29 is 46.1 Å². The Hall–Kier alpha value is -2.39. The van der Waals surface area contributed by atoms with Gasteiger partial charge in [0.15, 0.2) is 11.5 Å². The number of esters is 1. The lowest BCUT2D eigenvalue weighted by molar-refractivity contribution is -0.312. The second kappa shape index (κ2) is 6.16. The first-order chi connectivity index (χ1) is 9.91. The summed E-state index contributed by atoms with van der Waals surface area (Å²) in [4.78, 5) is 11.1. The lowest BCUT2D eigenvalue weighted by Gasteiger charge is -2.22. The monoisotopic (exact) mass is 330 g/mol. The normalized spacial score (nSPS) is 12.9. The van der Waals surface area contributed by atoms with E-state index in [1.165, 1.54) is 0 Å². The number of carbonyl (C=O) groups excluding carboxylic acids is 1. The molecule has 10 heteroatoms. The molecule has 0 aliphatic rings. The van der Waals surface area contributed by atoms with Crippen LogP contribution in [0.1, 0.15) is 5.56 Å². The summed E-state index contributed by atoms with van der Waals surface area (Å²) < 4.78 is 76.3. The van der Waals surface area contributed by atoms with E-state index in [1.807, 2.05) is 0 Å². The third kappa shape index (κ3) is 4.86. The zero-order chi connectivity index (χ0) is 17.1. The van der Waals surface area contributed by atoms with Crippen LogP contribution in [-0.4, -0.2) is 34.6 Å². The van der Waals surface area contributed by atoms with E-state index in [4.69, 9.17) is 10.2 Å². The van der Waals surface area contributed by atoms with Gasteiger partial charge in [0.2, 0.25) is 0 Å². The quantitative estimate of drug-likeness (QED) is 0.387. The lowest BCUT2D eigenvalue weighted by Crippen LogP contribution is -2.45. The van der Waals surface area contributed by atoms with E-state index in [9.17, 15) is 31.1 Å². The second-order valence-electron chi connectivity index (χ2n) is 3.98. The number of halogens is 6. The maximum atomic E-state index is 12.2. The molecule has 0 fully saturated rings. The third-order valence-corrected chi connectivity index (χ3v) is 2.24. The zero-order valence-corrected chi connectivity index (χ0v) is 10.4. The van der Waals surface area contributed by atoms with Gasteiger partial charge in [-0.1, -0.05) is 6.07 Å². The van der Waals surface area contributed by atoms with Gasteiger partial charge in [0.25, 0.3) is 6.10 Å². The molecule has 0 saturated carbocycles. The minimum absolute atomic E-state index is 0.0443. The molecule has 22 heavy (non-hydrogen) atoms. The molecule has 0 atom stereocenters. The number of phenols is 2. The maximum Gasteiger partial charge on any atom is 0.434 e. The molecule has 2 N–H and O–H groups in total. The molecule has 0 aromatic heterocycles. The first kappa shape index (κ1) is 17.7. The summed E-state index contributed by atoms with van der Waals surface area (Å²) in [5.41, 5.74) is 0.0443. The fraction of sp³-hybridized carbons (Fsp3) is 0.250. The van der Waals surface area contributed by atoms with Crippen molar-refractivity contribution in [1.29, 1.82) is 0 Å². The highest BCUT2D eigenvalue weighted by Crippen LogP contribution is 2.35. The summed E-state index contributed by atoms with van der Waals surface area (Å²) in [6.45, 7) is 0. The number of phenolic OH excluding ortho intramolecular Hbond substituents is 2. The Labute approximate surface area is 119 Å². The van der Waals surface area contributed by atoms with Gasteiger partial charge in [-0.3, -0.25) is 0 Å². The van der Waals surface area contributed by atoms with Crippen LogP contribution >= 0.6 is 0 Å². The van der Waals surface area contributed by atoms with E-state index in [-0.39, 0.29) is 5.56 Å². The highest BCUT2D eigenvalue weighted by molar-refractivity contribution is 5.87. The van der Waals surface area contributed by atoms with Crippen molar-refractivity contribution in [1.82, 2.24) is 0 Å². The fourth-order valence-corrected chi connectivity index (χ4v) is 1.28.